The quantitative estimate of drug-likeness (QED) is 0.768. The highest BCUT2D eigenvalue weighted by molar-refractivity contribution is 5.93. The molecule has 0 radical (unpaired) electrons. The van der Waals surface area contributed by atoms with Gasteiger partial charge in [-0.15, -0.1) is 12.4 Å². The molecule has 0 heterocycles. The largest absolute Gasteiger partial charge is 0.496 e. The maximum absolute atomic E-state index is 13.5. The Bertz CT molecular complexity index is 399. The van der Waals surface area contributed by atoms with E-state index in [0.29, 0.717) is 0 Å². The highest BCUT2D eigenvalue weighted by atomic mass is 35.5. The maximum Gasteiger partial charge on any atom is 0.345 e. The van der Waals surface area contributed by atoms with Crippen molar-refractivity contribution < 1.29 is 18.7 Å². The number of ether oxygens (including phenoxy) is 2. The third kappa shape index (κ3) is 4.23. The fourth-order valence-electron chi connectivity index (χ4n) is 1.20. The van der Waals surface area contributed by atoms with E-state index in [2.05, 4.69) is 0 Å². The van der Waals surface area contributed by atoms with Gasteiger partial charge in [-0.1, -0.05) is 6.07 Å². The van der Waals surface area contributed by atoms with Gasteiger partial charge in [0.2, 0.25) is 0 Å². The molecule has 0 aromatic heterocycles. The summed E-state index contributed by atoms with van der Waals surface area (Å²) in [6, 6.07) is 4.19. The van der Waals surface area contributed by atoms with E-state index in [9.17, 15) is 9.18 Å². The summed E-state index contributed by atoms with van der Waals surface area (Å²) < 4.78 is 23.5. The number of hydrogen-bond donors (Lipinski definition) is 0. The van der Waals surface area contributed by atoms with Gasteiger partial charge in [-0.05, 0) is 32.9 Å². The van der Waals surface area contributed by atoms with Crippen molar-refractivity contribution in [3.8, 4) is 5.75 Å². The second kappa shape index (κ2) is 5.87. The summed E-state index contributed by atoms with van der Waals surface area (Å²) >= 11 is 0. The minimum atomic E-state index is -0.720. The van der Waals surface area contributed by atoms with Crippen molar-refractivity contribution >= 4 is 18.4 Å². The van der Waals surface area contributed by atoms with Crippen LogP contribution in [0.4, 0.5) is 4.39 Å². The second-order valence-electron chi connectivity index (χ2n) is 4.32. The molecule has 0 fully saturated rings. The highest BCUT2D eigenvalue weighted by Crippen LogP contribution is 2.23. The minimum Gasteiger partial charge on any atom is -0.496 e. The first-order valence-electron chi connectivity index (χ1n) is 4.91. The summed E-state index contributed by atoms with van der Waals surface area (Å²) in [6.45, 7) is 5.16. The highest BCUT2D eigenvalue weighted by Gasteiger charge is 2.23. The second-order valence-corrected chi connectivity index (χ2v) is 4.32. The van der Waals surface area contributed by atoms with Gasteiger partial charge in [-0.2, -0.15) is 0 Å². The number of rotatable bonds is 2. The van der Waals surface area contributed by atoms with Gasteiger partial charge >= 0.3 is 5.97 Å². The lowest BCUT2D eigenvalue weighted by atomic mass is 10.1. The number of halogens is 2. The fraction of sp³-hybridized carbons (Fsp3) is 0.417. The van der Waals surface area contributed by atoms with Crippen molar-refractivity contribution in [2.24, 2.45) is 0 Å². The average Bonchev–Trinajstić information content (AvgIpc) is 2.14. The lowest BCUT2D eigenvalue weighted by Crippen LogP contribution is -2.24. The molecule has 5 heteroatoms. The van der Waals surface area contributed by atoms with Crippen LogP contribution in [0.5, 0.6) is 5.75 Å². The molecule has 1 aromatic carbocycles. The first kappa shape index (κ1) is 15.7. The van der Waals surface area contributed by atoms with Crippen molar-refractivity contribution in [1.82, 2.24) is 0 Å². The monoisotopic (exact) mass is 262 g/mol. The van der Waals surface area contributed by atoms with Gasteiger partial charge in [-0.25, -0.2) is 9.18 Å². The van der Waals surface area contributed by atoms with Gasteiger partial charge in [-0.3, -0.25) is 0 Å². The summed E-state index contributed by atoms with van der Waals surface area (Å²) in [7, 11) is 1.38. The van der Waals surface area contributed by atoms with Crippen molar-refractivity contribution in [3.05, 3.63) is 29.6 Å². The fourth-order valence-corrected chi connectivity index (χ4v) is 1.20. The van der Waals surface area contributed by atoms with E-state index in [1.165, 1.54) is 25.3 Å². The molecule has 0 aliphatic rings. The Hall–Kier alpha value is -1.29. The summed E-state index contributed by atoms with van der Waals surface area (Å²) in [6.07, 6.45) is 0. The molecule has 1 rings (SSSR count). The van der Waals surface area contributed by atoms with Crippen LogP contribution in [-0.2, 0) is 4.74 Å². The van der Waals surface area contributed by atoms with E-state index in [1.807, 2.05) is 0 Å². The van der Waals surface area contributed by atoms with Crippen LogP contribution in [0.1, 0.15) is 31.1 Å². The number of carbonyl (C=O) groups is 1. The van der Waals surface area contributed by atoms with E-state index in [4.69, 9.17) is 9.47 Å². The number of carbonyl (C=O) groups excluding carboxylic acids is 1. The van der Waals surface area contributed by atoms with E-state index in [1.54, 1.807) is 20.8 Å². The molecule has 1 aromatic rings. The van der Waals surface area contributed by atoms with Gasteiger partial charge in [0.25, 0.3) is 0 Å². The van der Waals surface area contributed by atoms with Crippen LogP contribution in [0.2, 0.25) is 0 Å². The molecule has 17 heavy (non-hydrogen) atoms. The molecular formula is C12H16ClFO3. The van der Waals surface area contributed by atoms with E-state index < -0.39 is 17.4 Å². The Kier molecular flexibility index (Phi) is 5.42. The SMILES string of the molecule is COc1cccc(F)c1C(=O)OC(C)(C)C.Cl. The molecular weight excluding hydrogens is 247 g/mol. The molecule has 0 N–H and O–H groups in total. The van der Waals surface area contributed by atoms with E-state index in [-0.39, 0.29) is 23.7 Å². The summed E-state index contributed by atoms with van der Waals surface area (Å²) in [5.74, 6) is -1.19. The molecule has 0 amide bonds. The zero-order valence-corrected chi connectivity index (χ0v) is 11.1. The zero-order chi connectivity index (χ0) is 12.3. The van der Waals surface area contributed by atoms with Gasteiger partial charge in [0.1, 0.15) is 22.7 Å². The minimum absolute atomic E-state index is 0. The number of benzene rings is 1. The maximum atomic E-state index is 13.5. The number of hydrogen-bond acceptors (Lipinski definition) is 3. The first-order chi connectivity index (χ1) is 7.35. The third-order valence-electron chi connectivity index (χ3n) is 1.80. The predicted octanol–water partition coefficient (Wildman–Crippen LogP) is 3.21. The van der Waals surface area contributed by atoms with Crippen LogP contribution in [-0.4, -0.2) is 18.7 Å². The number of esters is 1. The molecule has 0 spiro atoms. The van der Waals surface area contributed by atoms with Gasteiger partial charge in [0.15, 0.2) is 0 Å². The molecule has 0 atom stereocenters. The lowest BCUT2D eigenvalue weighted by molar-refractivity contribution is 0.00615. The van der Waals surface area contributed by atoms with Crippen molar-refractivity contribution in [3.63, 3.8) is 0 Å². The predicted molar refractivity (Wildman–Crippen MR) is 65.4 cm³/mol. The normalized spacial score (nSPS) is 10.4. The molecule has 0 aliphatic carbocycles. The van der Waals surface area contributed by atoms with Crippen molar-refractivity contribution in [2.75, 3.05) is 7.11 Å². The van der Waals surface area contributed by atoms with Crippen LogP contribution in [0.25, 0.3) is 0 Å². The smallest absolute Gasteiger partial charge is 0.345 e. The Morgan fingerprint density at radius 1 is 1.29 bits per heavy atom. The molecule has 0 unspecified atom stereocenters. The molecule has 0 bridgehead atoms. The third-order valence-corrected chi connectivity index (χ3v) is 1.80. The zero-order valence-electron chi connectivity index (χ0n) is 10.2. The average molecular weight is 263 g/mol. The molecule has 0 saturated heterocycles. The van der Waals surface area contributed by atoms with Crippen LogP contribution in [0.15, 0.2) is 18.2 Å². The van der Waals surface area contributed by atoms with E-state index >= 15 is 0 Å². The summed E-state index contributed by atoms with van der Waals surface area (Å²) in [5.41, 5.74) is -0.829. The Morgan fingerprint density at radius 3 is 2.35 bits per heavy atom. The summed E-state index contributed by atoms with van der Waals surface area (Å²) in [4.78, 5) is 11.7. The van der Waals surface area contributed by atoms with Gasteiger partial charge < -0.3 is 9.47 Å². The first-order valence-corrected chi connectivity index (χ1v) is 4.91. The van der Waals surface area contributed by atoms with Crippen molar-refractivity contribution in [1.29, 1.82) is 0 Å². The molecule has 0 aliphatic heterocycles. The van der Waals surface area contributed by atoms with Gasteiger partial charge in [0, 0.05) is 0 Å². The number of methoxy groups -OCH3 is 1. The van der Waals surface area contributed by atoms with E-state index in [0.717, 1.165) is 0 Å². The van der Waals surface area contributed by atoms with Crippen LogP contribution in [0, 0.1) is 5.82 Å². The lowest BCUT2D eigenvalue weighted by Gasteiger charge is -2.20. The van der Waals surface area contributed by atoms with Crippen molar-refractivity contribution in [2.45, 2.75) is 26.4 Å². The Labute approximate surface area is 106 Å². The van der Waals surface area contributed by atoms with Crippen LogP contribution >= 0.6 is 12.4 Å². The van der Waals surface area contributed by atoms with Crippen LogP contribution in [0.3, 0.4) is 0 Å². The van der Waals surface area contributed by atoms with Gasteiger partial charge in [0.05, 0.1) is 7.11 Å². The molecule has 0 saturated carbocycles. The topological polar surface area (TPSA) is 35.5 Å². The molecule has 96 valence electrons. The molecule has 3 nitrogen and oxygen atoms in total. The standard InChI is InChI=1S/C12H15FO3.ClH/c1-12(2,3)16-11(14)10-8(13)6-5-7-9(10)15-4;/h5-7H,1-4H3;1H. The Balaban J connectivity index is 0.00000256. The van der Waals surface area contributed by atoms with Crippen LogP contribution < -0.4 is 4.74 Å². The summed E-state index contributed by atoms with van der Waals surface area (Å²) in [5, 5.41) is 0. The Morgan fingerprint density at radius 2 is 1.88 bits per heavy atom.